The summed E-state index contributed by atoms with van der Waals surface area (Å²) >= 11 is 0. The van der Waals surface area contributed by atoms with Crippen molar-refractivity contribution in [1.82, 2.24) is 10.1 Å². The molecular formula is C23H24N2O5. The first-order valence-corrected chi connectivity index (χ1v) is 9.78. The summed E-state index contributed by atoms with van der Waals surface area (Å²) in [5, 5.41) is 4.03. The molecule has 0 unspecified atom stereocenters. The number of methoxy groups -OCH3 is 3. The van der Waals surface area contributed by atoms with Gasteiger partial charge in [-0.15, -0.1) is 0 Å². The zero-order chi connectivity index (χ0) is 21.1. The zero-order valence-corrected chi connectivity index (χ0v) is 17.3. The number of aromatic nitrogens is 1. The number of amides is 1. The summed E-state index contributed by atoms with van der Waals surface area (Å²) in [5.41, 5.74) is 2.14. The standard InChI is InChI=1S/C23H24N2O5/c1-27-17-9-6-15(7-10-17)19-5-4-12-25(19)23(26)18-14-21(30-24-18)16-8-11-20(28-2)22(13-16)29-3/h6-11,13-14,19H,4-5,12H2,1-3H3/t19-/m1/s1. The summed E-state index contributed by atoms with van der Waals surface area (Å²) in [6, 6.07) is 15.0. The van der Waals surface area contributed by atoms with Gasteiger partial charge in [0, 0.05) is 18.2 Å². The Morgan fingerprint density at radius 1 is 1.00 bits per heavy atom. The van der Waals surface area contributed by atoms with Crippen LogP contribution in [-0.2, 0) is 0 Å². The van der Waals surface area contributed by atoms with E-state index in [9.17, 15) is 4.79 Å². The highest BCUT2D eigenvalue weighted by molar-refractivity contribution is 5.93. The SMILES string of the molecule is COc1ccc([C@H]2CCCN2C(=O)c2cc(-c3ccc(OC)c(OC)c3)on2)cc1. The Hall–Kier alpha value is -3.48. The van der Waals surface area contributed by atoms with Gasteiger partial charge in [0.25, 0.3) is 5.91 Å². The fraction of sp³-hybridized carbons (Fsp3) is 0.304. The Morgan fingerprint density at radius 2 is 1.77 bits per heavy atom. The van der Waals surface area contributed by atoms with Crippen molar-refractivity contribution in [1.29, 1.82) is 0 Å². The number of hydrogen-bond donors (Lipinski definition) is 0. The lowest BCUT2D eigenvalue weighted by molar-refractivity contribution is 0.0725. The van der Waals surface area contributed by atoms with E-state index in [0.29, 0.717) is 29.5 Å². The zero-order valence-electron chi connectivity index (χ0n) is 17.3. The fourth-order valence-corrected chi connectivity index (χ4v) is 3.83. The summed E-state index contributed by atoms with van der Waals surface area (Å²) < 4.78 is 21.3. The van der Waals surface area contributed by atoms with Crippen molar-refractivity contribution in [3.63, 3.8) is 0 Å². The van der Waals surface area contributed by atoms with Crippen LogP contribution >= 0.6 is 0 Å². The van der Waals surface area contributed by atoms with Gasteiger partial charge in [0.15, 0.2) is 23.0 Å². The first-order chi connectivity index (χ1) is 14.6. The fourth-order valence-electron chi connectivity index (χ4n) is 3.83. The van der Waals surface area contributed by atoms with E-state index < -0.39 is 0 Å². The minimum Gasteiger partial charge on any atom is -0.497 e. The number of ether oxygens (including phenoxy) is 3. The average molecular weight is 408 g/mol. The van der Waals surface area contributed by atoms with E-state index in [-0.39, 0.29) is 11.9 Å². The van der Waals surface area contributed by atoms with Crippen LogP contribution < -0.4 is 14.2 Å². The molecule has 4 rings (SSSR count). The van der Waals surface area contributed by atoms with Crippen LogP contribution in [-0.4, -0.2) is 43.8 Å². The molecule has 2 heterocycles. The Labute approximate surface area is 175 Å². The highest BCUT2D eigenvalue weighted by Crippen LogP contribution is 2.35. The Balaban J connectivity index is 1.56. The van der Waals surface area contributed by atoms with Crippen molar-refractivity contribution in [2.24, 2.45) is 0 Å². The largest absolute Gasteiger partial charge is 0.497 e. The summed E-state index contributed by atoms with van der Waals surface area (Å²) in [7, 11) is 4.79. The third-order valence-electron chi connectivity index (χ3n) is 5.41. The molecule has 1 saturated heterocycles. The maximum absolute atomic E-state index is 13.2. The average Bonchev–Trinajstić information content (AvgIpc) is 3.48. The number of likely N-dealkylation sites (tertiary alicyclic amines) is 1. The molecule has 0 N–H and O–H groups in total. The Kier molecular flexibility index (Phi) is 5.61. The molecule has 3 aromatic rings. The third-order valence-corrected chi connectivity index (χ3v) is 5.41. The lowest BCUT2D eigenvalue weighted by Crippen LogP contribution is -2.30. The van der Waals surface area contributed by atoms with E-state index in [0.717, 1.165) is 29.7 Å². The van der Waals surface area contributed by atoms with Crippen LogP contribution in [0.3, 0.4) is 0 Å². The summed E-state index contributed by atoms with van der Waals surface area (Å²) in [6.07, 6.45) is 1.86. The van der Waals surface area contributed by atoms with Crippen LogP contribution in [0, 0.1) is 0 Å². The van der Waals surface area contributed by atoms with Gasteiger partial charge in [-0.25, -0.2) is 0 Å². The van der Waals surface area contributed by atoms with Gasteiger partial charge in [0.2, 0.25) is 0 Å². The van der Waals surface area contributed by atoms with Crippen LogP contribution in [0.4, 0.5) is 0 Å². The maximum Gasteiger partial charge on any atom is 0.276 e. The molecule has 1 atom stereocenters. The quantitative estimate of drug-likeness (QED) is 0.604. The highest BCUT2D eigenvalue weighted by atomic mass is 16.5. The number of hydrogen-bond acceptors (Lipinski definition) is 6. The molecule has 1 fully saturated rings. The van der Waals surface area contributed by atoms with Gasteiger partial charge in [-0.1, -0.05) is 17.3 Å². The molecule has 0 radical (unpaired) electrons. The lowest BCUT2D eigenvalue weighted by atomic mass is 10.0. The third kappa shape index (κ3) is 3.70. The van der Waals surface area contributed by atoms with Crippen molar-refractivity contribution < 1.29 is 23.5 Å². The van der Waals surface area contributed by atoms with Crippen molar-refractivity contribution in [3.8, 4) is 28.6 Å². The highest BCUT2D eigenvalue weighted by Gasteiger charge is 2.32. The van der Waals surface area contributed by atoms with E-state index in [4.69, 9.17) is 18.7 Å². The molecule has 1 aromatic heterocycles. The van der Waals surface area contributed by atoms with Gasteiger partial charge in [0.05, 0.1) is 27.4 Å². The smallest absolute Gasteiger partial charge is 0.276 e. The molecular weight excluding hydrogens is 384 g/mol. The van der Waals surface area contributed by atoms with Gasteiger partial charge < -0.3 is 23.6 Å². The molecule has 7 nitrogen and oxygen atoms in total. The van der Waals surface area contributed by atoms with Crippen LogP contribution in [0.15, 0.2) is 53.1 Å². The van der Waals surface area contributed by atoms with Crippen LogP contribution in [0.5, 0.6) is 17.2 Å². The first kappa shape index (κ1) is 19.8. The van der Waals surface area contributed by atoms with E-state index in [1.807, 2.05) is 35.2 Å². The summed E-state index contributed by atoms with van der Waals surface area (Å²) in [4.78, 5) is 15.0. The second-order valence-electron chi connectivity index (χ2n) is 7.08. The first-order valence-electron chi connectivity index (χ1n) is 9.78. The molecule has 0 aliphatic carbocycles. The van der Waals surface area contributed by atoms with Gasteiger partial charge in [-0.3, -0.25) is 4.79 Å². The van der Waals surface area contributed by atoms with Crippen LogP contribution in [0.2, 0.25) is 0 Å². The van der Waals surface area contributed by atoms with Gasteiger partial charge in [0.1, 0.15) is 5.75 Å². The lowest BCUT2D eigenvalue weighted by Gasteiger charge is -2.24. The van der Waals surface area contributed by atoms with E-state index in [1.54, 1.807) is 39.5 Å². The van der Waals surface area contributed by atoms with Crippen molar-refractivity contribution in [2.75, 3.05) is 27.9 Å². The molecule has 7 heteroatoms. The van der Waals surface area contributed by atoms with Crippen molar-refractivity contribution in [2.45, 2.75) is 18.9 Å². The molecule has 0 saturated carbocycles. The summed E-state index contributed by atoms with van der Waals surface area (Å²) in [5.74, 6) is 2.36. The number of carbonyl (C=O) groups excluding carboxylic acids is 1. The molecule has 2 aromatic carbocycles. The van der Waals surface area contributed by atoms with Crippen molar-refractivity contribution in [3.05, 3.63) is 59.8 Å². The maximum atomic E-state index is 13.2. The number of carbonyl (C=O) groups is 1. The number of rotatable bonds is 6. The van der Waals surface area contributed by atoms with E-state index in [1.165, 1.54) is 0 Å². The minimum absolute atomic E-state index is 0.0182. The molecule has 1 aliphatic rings. The number of nitrogens with zero attached hydrogens (tertiary/aromatic N) is 2. The summed E-state index contributed by atoms with van der Waals surface area (Å²) in [6.45, 7) is 0.689. The molecule has 1 aliphatic heterocycles. The normalized spacial score (nSPS) is 15.8. The number of benzene rings is 2. The molecule has 30 heavy (non-hydrogen) atoms. The monoisotopic (exact) mass is 408 g/mol. The van der Waals surface area contributed by atoms with E-state index >= 15 is 0 Å². The van der Waals surface area contributed by atoms with E-state index in [2.05, 4.69) is 5.16 Å². The van der Waals surface area contributed by atoms with Gasteiger partial charge in [-0.2, -0.15) is 0 Å². The molecule has 0 spiro atoms. The molecule has 156 valence electrons. The predicted molar refractivity (Wildman–Crippen MR) is 111 cm³/mol. The molecule has 0 bridgehead atoms. The van der Waals surface area contributed by atoms with Gasteiger partial charge >= 0.3 is 0 Å². The second-order valence-corrected chi connectivity index (χ2v) is 7.08. The second kappa shape index (κ2) is 8.49. The topological polar surface area (TPSA) is 74.0 Å². The Bertz CT molecular complexity index is 1030. The van der Waals surface area contributed by atoms with Crippen LogP contribution in [0.1, 0.15) is 34.9 Å². The minimum atomic E-state index is -0.135. The molecule has 1 amide bonds. The van der Waals surface area contributed by atoms with Crippen LogP contribution in [0.25, 0.3) is 11.3 Å². The Morgan fingerprint density at radius 3 is 2.47 bits per heavy atom. The van der Waals surface area contributed by atoms with Crippen molar-refractivity contribution >= 4 is 5.91 Å². The predicted octanol–water partition coefficient (Wildman–Crippen LogP) is 4.34. The van der Waals surface area contributed by atoms with Gasteiger partial charge in [-0.05, 0) is 48.7 Å².